The topological polar surface area (TPSA) is 54.5 Å². The van der Waals surface area contributed by atoms with Crippen molar-refractivity contribution in [2.24, 2.45) is 0 Å². The van der Waals surface area contributed by atoms with Crippen molar-refractivity contribution in [3.8, 4) is 5.75 Å². The third-order valence-corrected chi connectivity index (χ3v) is 3.80. The molecule has 1 aromatic heterocycles. The van der Waals surface area contributed by atoms with E-state index < -0.39 is 0 Å². The molecule has 1 N–H and O–H groups in total. The summed E-state index contributed by atoms with van der Waals surface area (Å²) in [6.07, 6.45) is 3.02. The van der Waals surface area contributed by atoms with Gasteiger partial charge in [0.25, 0.3) is 0 Å². The molecule has 0 aliphatic carbocycles. The number of carbonyl (C=O) groups is 1. The smallest absolute Gasteiger partial charge is 0.220 e. The van der Waals surface area contributed by atoms with Gasteiger partial charge in [-0.15, -0.1) is 12.4 Å². The SMILES string of the molecule is CC(=O)N1Cc2cc(O[C@H]3CN[C@@H](C)C3)cnc2C1.Cl. The number of hydrogen-bond acceptors (Lipinski definition) is 4. The summed E-state index contributed by atoms with van der Waals surface area (Å²) in [6, 6.07) is 2.54. The molecule has 2 atom stereocenters. The molecule has 1 amide bonds. The summed E-state index contributed by atoms with van der Waals surface area (Å²) in [6.45, 7) is 5.91. The lowest BCUT2D eigenvalue weighted by Crippen LogP contribution is -2.21. The van der Waals surface area contributed by atoms with Gasteiger partial charge in [-0.2, -0.15) is 0 Å². The lowest BCUT2D eigenvalue weighted by molar-refractivity contribution is -0.129. The summed E-state index contributed by atoms with van der Waals surface area (Å²) in [5.74, 6) is 0.902. The maximum Gasteiger partial charge on any atom is 0.220 e. The van der Waals surface area contributed by atoms with Crippen LogP contribution in [0.1, 0.15) is 31.5 Å². The van der Waals surface area contributed by atoms with Crippen molar-refractivity contribution in [1.82, 2.24) is 15.2 Å². The van der Waals surface area contributed by atoms with Crippen LogP contribution in [0.25, 0.3) is 0 Å². The van der Waals surface area contributed by atoms with Crippen molar-refractivity contribution in [1.29, 1.82) is 0 Å². The second-order valence-electron chi connectivity index (χ2n) is 5.44. The average Bonchev–Trinajstić information content (AvgIpc) is 2.95. The quantitative estimate of drug-likeness (QED) is 0.899. The number of aromatic nitrogens is 1. The van der Waals surface area contributed by atoms with E-state index in [9.17, 15) is 4.79 Å². The maximum absolute atomic E-state index is 11.4. The molecule has 6 heteroatoms. The fourth-order valence-corrected chi connectivity index (χ4v) is 2.70. The Kier molecular flexibility index (Phi) is 4.50. The lowest BCUT2D eigenvalue weighted by atomic mass is 10.2. The Morgan fingerprint density at radius 1 is 1.50 bits per heavy atom. The largest absolute Gasteiger partial charge is 0.487 e. The van der Waals surface area contributed by atoms with Crippen LogP contribution in [0.5, 0.6) is 5.75 Å². The maximum atomic E-state index is 11.4. The van der Waals surface area contributed by atoms with Crippen LogP contribution in [0, 0.1) is 0 Å². The molecule has 0 spiro atoms. The van der Waals surface area contributed by atoms with E-state index >= 15 is 0 Å². The standard InChI is InChI=1S/C14H19N3O2.ClH/c1-9-3-12(5-15-9)19-13-4-11-7-17(10(2)18)8-14(11)16-6-13;/h4,6,9,12,15H,3,5,7-8H2,1-2H3;1H/t9-,12+;/m0./s1. The number of fused-ring (bicyclic) bond motifs is 1. The first-order valence-electron chi connectivity index (χ1n) is 6.75. The first-order chi connectivity index (χ1) is 9.11. The van der Waals surface area contributed by atoms with Gasteiger partial charge in [0.15, 0.2) is 0 Å². The van der Waals surface area contributed by atoms with Crippen LogP contribution in [0.4, 0.5) is 0 Å². The van der Waals surface area contributed by atoms with Gasteiger partial charge in [-0.3, -0.25) is 9.78 Å². The highest BCUT2D eigenvalue weighted by Crippen LogP contribution is 2.25. The van der Waals surface area contributed by atoms with Gasteiger partial charge in [-0.05, 0) is 18.6 Å². The Bertz CT molecular complexity index is 509. The van der Waals surface area contributed by atoms with Crippen molar-refractivity contribution >= 4 is 18.3 Å². The van der Waals surface area contributed by atoms with Crippen LogP contribution < -0.4 is 10.1 Å². The molecule has 3 rings (SSSR count). The van der Waals surface area contributed by atoms with E-state index in [1.807, 2.05) is 6.07 Å². The molecule has 2 aliphatic rings. The third kappa shape index (κ3) is 3.04. The first kappa shape index (κ1) is 15.1. The molecule has 2 aliphatic heterocycles. The first-order valence-corrected chi connectivity index (χ1v) is 6.75. The molecule has 0 unspecified atom stereocenters. The number of nitrogens with one attached hydrogen (secondary N) is 1. The molecule has 20 heavy (non-hydrogen) atoms. The van der Waals surface area contributed by atoms with Gasteiger partial charge < -0.3 is 15.0 Å². The predicted octanol–water partition coefficient (Wildman–Crippen LogP) is 1.49. The van der Waals surface area contributed by atoms with E-state index in [-0.39, 0.29) is 24.4 Å². The Hall–Kier alpha value is -1.33. The van der Waals surface area contributed by atoms with E-state index in [2.05, 4.69) is 17.2 Å². The minimum Gasteiger partial charge on any atom is -0.487 e. The van der Waals surface area contributed by atoms with Crippen LogP contribution in [0.3, 0.4) is 0 Å². The number of nitrogens with zero attached hydrogens (tertiary/aromatic N) is 2. The predicted molar refractivity (Wildman–Crippen MR) is 77.9 cm³/mol. The van der Waals surface area contributed by atoms with Gasteiger partial charge in [0.2, 0.25) is 5.91 Å². The third-order valence-electron chi connectivity index (χ3n) is 3.80. The molecule has 5 nitrogen and oxygen atoms in total. The summed E-state index contributed by atoms with van der Waals surface area (Å²) in [5.41, 5.74) is 2.09. The number of halogens is 1. The normalized spacial score (nSPS) is 24.2. The van der Waals surface area contributed by atoms with Gasteiger partial charge in [0, 0.05) is 32.5 Å². The number of carbonyl (C=O) groups excluding carboxylic acids is 1. The molecule has 1 fully saturated rings. The molecule has 1 aromatic rings. The number of rotatable bonds is 2. The summed E-state index contributed by atoms with van der Waals surface area (Å²) in [5, 5.41) is 3.37. The molecular formula is C14H20ClN3O2. The number of amides is 1. The zero-order chi connectivity index (χ0) is 13.4. The van der Waals surface area contributed by atoms with Crippen molar-refractivity contribution in [3.63, 3.8) is 0 Å². The summed E-state index contributed by atoms with van der Waals surface area (Å²) < 4.78 is 5.94. The van der Waals surface area contributed by atoms with E-state index in [1.165, 1.54) is 0 Å². The zero-order valence-corrected chi connectivity index (χ0v) is 12.6. The minimum atomic E-state index is 0. The Morgan fingerprint density at radius 3 is 2.95 bits per heavy atom. The van der Waals surface area contributed by atoms with Crippen LogP contribution in [-0.2, 0) is 17.9 Å². The fourth-order valence-electron chi connectivity index (χ4n) is 2.70. The van der Waals surface area contributed by atoms with Crippen molar-refractivity contribution in [2.45, 2.75) is 45.5 Å². The second kappa shape index (κ2) is 5.97. The molecule has 0 saturated carbocycles. The highest BCUT2D eigenvalue weighted by Gasteiger charge is 2.25. The monoisotopic (exact) mass is 297 g/mol. The van der Waals surface area contributed by atoms with E-state index in [1.54, 1.807) is 18.0 Å². The van der Waals surface area contributed by atoms with E-state index in [4.69, 9.17) is 4.74 Å². The Morgan fingerprint density at radius 2 is 2.30 bits per heavy atom. The van der Waals surface area contributed by atoms with Gasteiger partial charge in [0.05, 0.1) is 18.4 Å². The summed E-state index contributed by atoms with van der Waals surface area (Å²) in [7, 11) is 0. The Labute approximate surface area is 125 Å². The molecule has 0 aromatic carbocycles. The minimum absolute atomic E-state index is 0. The van der Waals surface area contributed by atoms with Gasteiger partial charge in [0.1, 0.15) is 11.9 Å². The van der Waals surface area contributed by atoms with Crippen molar-refractivity contribution in [3.05, 3.63) is 23.5 Å². The van der Waals surface area contributed by atoms with Gasteiger partial charge in [-0.1, -0.05) is 0 Å². The van der Waals surface area contributed by atoms with Crippen LogP contribution >= 0.6 is 12.4 Å². The van der Waals surface area contributed by atoms with Crippen LogP contribution in [-0.4, -0.2) is 34.5 Å². The number of ether oxygens (including phenoxy) is 1. The van der Waals surface area contributed by atoms with E-state index in [0.717, 1.165) is 30.0 Å². The molecular weight excluding hydrogens is 278 g/mol. The highest BCUT2D eigenvalue weighted by molar-refractivity contribution is 5.85. The number of pyridine rings is 1. The van der Waals surface area contributed by atoms with Gasteiger partial charge in [-0.25, -0.2) is 0 Å². The molecule has 0 bridgehead atoms. The van der Waals surface area contributed by atoms with Gasteiger partial charge >= 0.3 is 0 Å². The van der Waals surface area contributed by atoms with Crippen molar-refractivity contribution < 1.29 is 9.53 Å². The number of hydrogen-bond donors (Lipinski definition) is 1. The molecule has 3 heterocycles. The average molecular weight is 298 g/mol. The van der Waals surface area contributed by atoms with Crippen molar-refractivity contribution in [2.75, 3.05) is 6.54 Å². The Balaban J connectivity index is 0.00000147. The lowest BCUT2D eigenvalue weighted by Gasteiger charge is -2.13. The molecule has 110 valence electrons. The second-order valence-corrected chi connectivity index (χ2v) is 5.44. The zero-order valence-electron chi connectivity index (χ0n) is 11.8. The summed E-state index contributed by atoms with van der Waals surface area (Å²) in [4.78, 5) is 17.6. The van der Waals surface area contributed by atoms with Crippen LogP contribution in [0.2, 0.25) is 0 Å². The highest BCUT2D eigenvalue weighted by atomic mass is 35.5. The van der Waals surface area contributed by atoms with Crippen LogP contribution in [0.15, 0.2) is 12.3 Å². The molecule has 1 saturated heterocycles. The molecule has 0 radical (unpaired) electrons. The fraction of sp³-hybridized carbons (Fsp3) is 0.571. The van der Waals surface area contributed by atoms with E-state index in [0.29, 0.717) is 19.1 Å². The summed E-state index contributed by atoms with van der Waals surface area (Å²) >= 11 is 0.